The SMILES string of the molecule is C=C(CO)CCOc1ccc(CCCCCCC)c(-c2cc(OCCC(=C)CO)cc(CCCCCCC)c2CCCCCCC)c1.C=O.O=CO. The lowest BCUT2D eigenvalue weighted by Crippen LogP contribution is -2.06. The van der Waals surface area contributed by atoms with Crippen LogP contribution in [0.4, 0.5) is 0 Å². The number of aliphatic hydroxyl groups is 2. The lowest BCUT2D eigenvalue weighted by molar-refractivity contribution is -0.122. The van der Waals surface area contributed by atoms with Crippen LogP contribution in [-0.4, -0.2) is 55.0 Å². The highest BCUT2D eigenvalue weighted by Crippen LogP contribution is 2.38. The second-order valence-corrected chi connectivity index (χ2v) is 13.5. The second-order valence-electron chi connectivity index (χ2n) is 13.5. The fourth-order valence-electron chi connectivity index (χ4n) is 6.19. The maximum absolute atomic E-state index is 9.50. The number of hydrogen-bond acceptors (Lipinski definition) is 6. The van der Waals surface area contributed by atoms with E-state index in [-0.39, 0.29) is 19.7 Å². The van der Waals surface area contributed by atoms with Crippen molar-refractivity contribution in [2.45, 2.75) is 149 Å². The van der Waals surface area contributed by atoms with Gasteiger partial charge in [-0.2, -0.15) is 0 Å². The molecule has 0 aliphatic heterocycles. The topological polar surface area (TPSA) is 113 Å². The average molecular weight is 725 g/mol. The Bertz CT molecular complexity index is 1220. The second kappa shape index (κ2) is 33.4. The summed E-state index contributed by atoms with van der Waals surface area (Å²) in [4.78, 5) is 16.4. The molecule has 2 aromatic carbocycles. The molecule has 2 rings (SSSR count). The van der Waals surface area contributed by atoms with E-state index >= 15 is 0 Å². The first-order chi connectivity index (χ1) is 25.4. The van der Waals surface area contributed by atoms with Gasteiger partial charge < -0.3 is 29.6 Å². The predicted molar refractivity (Wildman–Crippen MR) is 218 cm³/mol. The van der Waals surface area contributed by atoms with Gasteiger partial charge in [-0.05, 0) is 102 Å². The minimum Gasteiger partial charge on any atom is -0.493 e. The molecule has 0 aliphatic carbocycles. The van der Waals surface area contributed by atoms with E-state index in [1.54, 1.807) is 0 Å². The fraction of sp³-hybridized carbons (Fsp3) is 0.600. The molecule has 0 aliphatic rings. The first-order valence-electron chi connectivity index (χ1n) is 19.8. The van der Waals surface area contributed by atoms with Gasteiger partial charge in [0.25, 0.3) is 6.47 Å². The third kappa shape index (κ3) is 21.8. The Kier molecular flexibility index (Phi) is 31.2. The van der Waals surface area contributed by atoms with Crippen LogP contribution in [0, 0.1) is 0 Å². The Morgan fingerprint density at radius 2 is 1.02 bits per heavy atom. The van der Waals surface area contributed by atoms with Gasteiger partial charge in [0.1, 0.15) is 18.3 Å². The zero-order valence-corrected chi connectivity index (χ0v) is 33.0. The zero-order chi connectivity index (χ0) is 38.8. The molecule has 52 heavy (non-hydrogen) atoms. The Morgan fingerprint density at radius 1 is 0.596 bits per heavy atom. The normalized spacial score (nSPS) is 10.4. The first kappa shape index (κ1) is 48.6. The van der Waals surface area contributed by atoms with Gasteiger partial charge in [0, 0.05) is 12.8 Å². The standard InChI is InChI=1S/C43H68O4.CH2O2.CH2O/c1-6-9-12-15-18-21-37-24-25-39(46-28-26-35(4)33-44)31-42(37)43-32-40(47-29-27-36(5)34-45)30-38(22-19-16-13-10-7-2)41(43)23-20-17-14-11-8-3;2-1-3;1-2/h24-25,30-32,44-45H,4-23,26-29,33-34H2,1-3H3;1H,(H,2,3);1H2. The average Bonchev–Trinajstić information content (AvgIpc) is 3.16. The minimum atomic E-state index is -0.250. The molecule has 2 aromatic rings. The van der Waals surface area contributed by atoms with Crippen molar-refractivity contribution in [1.82, 2.24) is 0 Å². The van der Waals surface area contributed by atoms with Crippen molar-refractivity contribution in [2.24, 2.45) is 0 Å². The molecule has 0 saturated carbocycles. The van der Waals surface area contributed by atoms with Gasteiger partial charge in [-0.1, -0.05) is 117 Å². The van der Waals surface area contributed by atoms with Crippen LogP contribution >= 0.6 is 0 Å². The van der Waals surface area contributed by atoms with E-state index in [1.165, 1.54) is 124 Å². The van der Waals surface area contributed by atoms with E-state index in [4.69, 9.17) is 24.2 Å². The summed E-state index contributed by atoms with van der Waals surface area (Å²) >= 11 is 0. The maximum atomic E-state index is 9.50. The van der Waals surface area contributed by atoms with Crippen LogP contribution in [0.5, 0.6) is 11.5 Å². The molecule has 0 spiro atoms. The van der Waals surface area contributed by atoms with Crippen molar-refractivity contribution in [3.63, 3.8) is 0 Å². The van der Waals surface area contributed by atoms with Crippen molar-refractivity contribution in [2.75, 3.05) is 26.4 Å². The van der Waals surface area contributed by atoms with Gasteiger partial charge in [0.2, 0.25) is 0 Å². The highest BCUT2D eigenvalue weighted by atomic mass is 16.5. The summed E-state index contributed by atoms with van der Waals surface area (Å²) in [6.07, 6.45) is 23.3. The first-order valence-corrected chi connectivity index (χ1v) is 19.8. The summed E-state index contributed by atoms with van der Waals surface area (Å²) in [5.74, 6) is 1.77. The third-order valence-electron chi connectivity index (χ3n) is 9.21. The molecular weight excluding hydrogens is 652 g/mol. The van der Waals surface area contributed by atoms with Gasteiger partial charge in [-0.15, -0.1) is 0 Å². The Balaban J connectivity index is 0.00000493. The van der Waals surface area contributed by atoms with Crippen molar-refractivity contribution >= 4 is 13.3 Å². The molecule has 0 amide bonds. The van der Waals surface area contributed by atoms with E-state index in [1.807, 2.05) is 6.79 Å². The van der Waals surface area contributed by atoms with Gasteiger partial charge in [-0.3, -0.25) is 4.79 Å². The van der Waals surface area contributed by atoms with E-state index in [0.29, 0.717) is 26.1 Å². The molecule has 0 aromatic heterocycles. The van der Waals surface area contributed by atoms with E-state index in [0.717, 1.165) is 41.9 Å². The number of ether oxygens (including phenoxy) is 2. The number of unbranched alkanes of at least 4 members (excludes halogenated alkanes) is 12. The highest BCUT2D eigenvalue weighted by Gasteiger charge is 2.18. The molecule has 0 unspecified atom stereocenters. The van der Waals surface area contributed by atoms with E-state index in [2.05, 4.69) is 64.3 Å². The molecule has 294 valence electrons. The number of aryl methyl sites for hydroxylation is 2. The molecule has 7 nitrogen and oxygen atoms in total. The number of benzene rings is 2. The molecule has 7 heteroatoms. The van der Waals surface area contributed by atoms with E-state index in [9.17, 15) is 10.2 Å². The summed E-state index contributed by atoms with van der Waals surface area (Å²) in [7, 11) is 0. The summed E-state index contributed by atoms with van der Waals surface area (Å²) in [5, 5.41) is 25.8. The van der Waals surface area contributed by atoms with Crippen molar-refractivity contribution in [3.05, 3.63) is 71.3 Å². The summed E-state index contributed by atoms with van der Waals surface area (Å²) < 4.78 is 12.6. The lowest BCUT2D eigenvalue weighted by atomic mass is 9.86. The maximum Gasteiger partial charge on any atom is 0.290 e. The van der Waals surface area contributed by atoms with Crippen LogP contribution in [0.3, 0.4) is 0 Å². The molecule has 0 fully saturated rings. The number of aliphatic hydroxyl groups excluding tert-OH is 2. The van der Waals surface area contributed by atoms with Crippen LogP contribution in [0.15, 0.2) is 54.6 Å². The van der Waals surface area contributed by atoms with Crippen molar-refractivity contribution in [3.8, 4) is 22.6 Å². The van der Waals surface area contributed by atoms with Crippen LogP contribution in [0.25, 0.3) is 11.1 Å². The molecule has 0 bridgehead atoms. The molecule has 3 N–H and O–H groups in total. The summed E-state index contributed by atoms with van der Waals surface area (Å²) in [6.45, 7) is 17.5. The van der Waals surface area contributed by atoms with Gasteiger partial charge >= 0.3 is 0 Å². The third-order valence-corrected chi connectivity index (χ3v) is 9.21. The molecule has 0 atom stereocenters. The molecular formula is C45H72O7. The van der Waals surface area contributed by atoms with Crippen LogP contribution < -0.4 is 9.47 Å². The number of carbonyl (C=O) groups excluding carboxylic acids is 1. The van der Waals surface area contributed by atoms with Crippen molar-refractivity contribution in [1.29, 1.82) is 0 Å². The summed E-state index contributed by atoms with van der Waals surface area (Å²) in [5.41, 5.74) is 8.41. The molecule has 0 heterocycles. The minimum absolute atomic E-state index is 0.00531. The highest BCUT2D eigenvalue weighted by molar-refractivity contribution is 5.75. The zero-order valence-electron chi connectivity index (χ0n) is 33.0. The van der Waals surface area contributed by atoms with Gasteiger partial charge in [0.05, 0.1) is 26.4 Å². The number of rotatable bonds is 29. The van der Waals surface area contributed by atoms with Gasteiger partial charge in [-0.25, -0.2) is 0 Å². The fourth-order valence-corrected chi connectivity index (χ4v) is 6.19. The Labute approximate surface area is 316 Å². The van der Waals surface area contributed by atoms with Crippen LogP contribution in [0.1, 0.15) is 147 Å². The monoisotopic (exact) mass is 725 g/mol. The largest absolute Gasteiger partial charge is 0.493 e. The van der Waals surface area contributed by atoms with Gasteiger partial charge in [0.15, 0.2) is 0 Å². The predicted octanol–water partition coefficient (Wildman–Crippen LogP) is 11.0. The number of carbonyl (C=O) groups is 2. The number of hydrogen-bond donors (Lipinski definition) is 3. The van der Waals surface area contributed by atoms with Crippen LogP contribution in [-0.2, 0) is 28.9 Å². The molecule has 0 saturated heterocycles. The van der Waals surface area contributed by atoms with Crippen molar-refractivity contribution < 1.29 is 34.4 Å². The quantitative estimate of drug-likeness (QED) is 0.0435. The molecule has 0 radical (unpaired) electrons. The van der Waals surface area contributed by atoms with E-state index < -0.39 is 0 Å². The smallest absolute Gasteiger partial charge is 0.290 e. The number of carboxylic acid groups (broad SMARTS) is 1. The lowest BCUT2D eigenvalue weighted by Gasteiger charge is -2.21. The Hall–Kier alpha value is -3.42. The van der Waals surface area contributed by atoms with Crippen LogP contribution in [0.2, 0.25) is 0 Å². The summed E-state index contributed by atoms with van der Waals surface area (Å²) in [6, 6.07) is 11.2. The Morgan fingerprint density at radius 3 is 1.50 bits per heavy atom.